The summed E-state index contributed by atoms with van der Waals surface area (Å²) in [6.07, 6.45) is 9.36. The fourth-order valence-electron chi connectivity index (χ4n) is 4.75. The van der Waals surface area contributed by atoms with Crippen molar-refractivity contribution in [3.05, 3.63) is 29.6 Å². The molecule has 0 spiro atoms. The first kappa shape index (κ1) is 19.6. The lowest BCUT2D eigenvalue weighted by Gasteiger charge is -2.41. The van der Waals surface area contributed by atoms with Gasteiger partial charge in [-0.1, -0.05) is 32.6 Å². The highest BCUT2D eigenvalue weighted by atomic mass is 19.1. The van der Waals surface area contributed by atoms with E-state index >= 15 is 0 Å². The summed E-state index contributed by atoms with van der Waals surface area (Å²) in [5.41, 5.74) is 0.489. The lowest BCUT2D eigenvalue weighted by molar-refractivity contribution is -0.250. The van der Waals surface area contributed by atoms with Crippen LogP contribution in [0.4, 0.5) is 4.39 Å². The van der Waals surface area contributed by atoms with Crippen LogP contribution in [0.5, 0.6) is 5.75 Å². The number of halogens is 1. The molecule has 2 fully saturated rings. The van der Waals surface area contributed by atoms with Crippen LogP contribution in [-0.2, 0) is 10.5 Å². The van der Waals surface area contributed by atoms with Gasteiger partial charge >= 0.3 is 0 Å². The molecular weight excluding hydrogens is 331 g/mol. The van der Waals surface area contributed by atoms with Crippen molar-refractivity contribution in [2.75, 3.05) is 13.2 Å². The molecule has 0 aromatic heterocycles. The van der Waals surface area contributed by atoms with E-state index in [9.17, 15) is 9.50 Å². The number of rotatable bonds is 6. The van der Waals surface area contributed by atoms with Gasteiger partial charge in [-0.2, -0.15) is 0 Å². The third-order valence-electron chi connectivity index (χ3n) is 6.33. The van der Waals surface area contributed by atoms with E-state index in [4.69, 9.17) is 9.47 Å². The highest BCUT2D eigenvalue weighted by Crippen LogP contribution is 2.43. The zero-order valence-electron chi connectivity index (χ0n) is 16.2. The maximum atomic E-state index is 14.1. The highest BCUT2D eigenvalue weighted by Gasteiger charge is 2.39. The Kier molecular flexibility index (Phi) is 6.57. The Morgan fingerprint density at radius 1 is 1.15 bits per heavy atom. The van der Waals surface area contributed by atoms with E-state index in [0.29, 0.717) is 37.0 Å². The quantitative estimate of drug-likeness (QED) is 0.734. The van der Waals surface area contributed by atoms with Gasteiger partial charge < -0.3 is 14.6 Å². The van der Waals surface area contributed by atoms with Crippen molar-refractivity contribution in [2.24, 2.45) is 17.8 Å². The summed E-state index contributed by atoms with van der Waals surface area (Å²) in [6, 6.07) is 4.64. The number of aliphatic hydroxyl groups is 1. The Morgan fingerprint density at radius 3 is 2.50 bits per heavy atom. The summed E-state index contributed by atoms with van der Waals surface area (Å²) in [5.74, 6) is 0.538. The maximum absolute atomic E-state index is 14.1. The Bertz CT molecular complexity index is 573. The van der Waals surface area contributed by atoms with Gasteiger partial charge in [-0.05, 0) is 62.1 Å². The van der Waals surface area contributed by atoms with E-state index in [-0.39, 0.29) is 5.75 Å². The molecule has 4 heteroatoms. The van der Waals surface area contributed by atoms with Crippen LogP contribution in [0.15, 0.2) is 18.2 Å². The summed E-state index contributed by atoms with van der Waals surface area (Å²) in [6.45, 7) is 5.07. The van der Waals surface area contributed by atoms with Gasteiger partial charge in [0.05, 0.1) is 13.2 Å². The van der Waals surface area contributed by atoms with E-state index in [1.54, 1.807) is 12.1 Å². The van der Waals surface area contributed by atoms with Crippen molar-refractivity contribution >= 4 is 0 Å². The molecule has 1 aliphatic heterocycles. The molecule has 1 aliphatic carbocycles. The molecule has 1 N–H and O–H groups in total. The molecule has 26 heavy (non-hydrogen) atoms. The van der Waals surface area contributed by atoms with Crippen molar-refractivity contribution in [3.63, 3.8) is 0 Å². The number of benzene rings is 1. The molecule has 2 aliphatic rings. The van der Waals surface area contributed by atoms with Crippen molar-refractivity contribution < 1.29 is 19.0 Å². The lowest BCUT2D eigenvalue weighted by atomic mass is 9.72. The standard InChI is InChI=1S/C22H33FO3/c1-3-5-16-6-8-17(9-7-16)18-12-13-22(24,26-15-18)19-10-11-21(25-4-2)20(23)14-19/h10-11,14,16-18,24H,3-9,12-13,15H2,1-2H3. The van der Waals surface area contributed by atoms with E-state index < -0.39 is 11.6 Å². The van der Waals surface area contributed by atoms with Gasteiger partial charge in [0.1, 0.15) is 0 Å². The molecule has 2 unspecified atom stereocenters. The molecule has 0 amide bonds. The summed E-state index contributed by atoms with van der Waals surface area (Å²) in [5, 5.41) is 10.9. The maximum Gasteiger partial charge on any atom is 0.192 e. The van der Waals surface area contributed by atoms with Crippen LogP contribution in [0.25, 0.3) is 0 Å². The first-order valence-electron chi connectivity index (χ1n) is 10.3. The van der Waals surface area contributed by atoms with Crippen LogP contribution in [-0.4, -0.2) is 18.3 Å². The monoisotopic (exact) mass is 364 g/mol. The summed E-state index contributed by atoms with van der Waals surface area (Å²) < 4.78 is 25.3. The fraction of sp³-hybridized carbons (Fsp3) is 0.727. The van der Waals surface area contributed by atoms with Crippen LogP contribution in [0.3, 0.4) is 0 Å². The molecule has 2 atom stereocenters. The largest absolute Gasteiger partial charge is 0.491 e. The first-order chi connectivity index (χ1) is 12.6. The molecule has 1 aromatic rings. The molecule has 0 bridgehead atoms. The molecule has 1 saturated heterocycles. The summed E-state index contributed by atoms with van der Waals surface area (Å²) in [4.78, 5) is 0. The van der Waals surface area contributed by atoms with Crippen molar-refractivity contribution in [3.8, 4) is 5.75 Å². The predicted octanol–water partition coefficient (Wildman–Crippen LogP) is 5.40. The molecule has 146 valence electrons. The molecule has 1 saturated carbocycles. The molecule has 1 aromatic carbocycles. The average Bonchev–Trinajstić information content (AvgIpc) is 2.65. The molecule has 3 rings (SSSR count). The van der Waals surface area contributed by atoms with Crippen LogP contribution in [0.1, 0.15) is 70.8 Å². The number of ether oxygens (including phenoxy) is 2. The van der Waals surface area contributed by atoms with Gasteiger partial charge in [-0.15, -0.1) is 0 Å². The highest BCUT2D eigenvalue weighted by molar-refractivity contribution is 5.31. The topological polar surface area (TPSA) is 38.7 Å². The zero-order chi connectivity index (χ0) is 18.6. The van der Waals surface area contributed by atoms with Crippen LogP contribution >= 0.6 is 0 Å². The van der Waals surface area contributed by atoms with E-state index in [1.165, 1.54) is 44.6 Å². The van der Waals surface area contributed by atoms with Crippen LogP contribution in [0, 0.1) is 23.6 Å². The third kappa shape index (κ3) is 4.40. The van der Waals surface area contributed by atoms with Crippen LogP contribution in [0.2, 0.25) is 0 Å². The van der Waals surface area contributed by atoms with Gasteiger partial charge in [0.2, 0.25) is 0 Å². The smallest absolute Gasteiger partial charge is 0.192 e. The number of hydrogen-bond donors (Lipinski definition) is 1. The van der Waals surface area contributed by atoms with Gasteiger partial charge in [0.15, 0.2) is 17.4 Å². The molecule has 1 heterocycles. The van der Waals surface area contributed by atoms with Gasteiger partial charge in [-0.3, -0.25) is 0 Å². The van der Waals surface area contributed by atoms with E-state index in [1.807, 2.05) is 6.92 Å². The van der Waals surface area contributed by atoms with Gasteiger partial charge in [0.25, 0.3) is 0 Å². The molecule has 0 radical (unpaired) electrons. The van der Waals surface area contributed by atoms with E-state index in [2.05, 4.69) is 6.92 Å². The second-order valence-electron chi connectivity index (χ2n) is 8.04. The zero-order valence-corrected chi connectivity index (χ0v) is 16.2. The van der Waals surface area contributed by atoms with Gasteiger partial charge in [0, 0.05) is 12.0 Å². The van der Waals surface area contributed by atoms with Crippen LogP contribution < -0.4 is 4.74 Å². The van der Waals surface area contributed by atoms with Gasteiger partial charge in [-0.25, -0.2) is 4.39 Å². The van der Waals surface area contributed by atoms with Crippen molar-refractivity contribution in [2.45, 2.75) is 71.0 Å². The second-order valence-corrected chi connectivity index (χ2v) is 8.04. The Hall–Kier alpha value is -1.13. The summed E-state index contributed by atoms with van der Waals surface area (Å²) >= 11 is 0. The number of hydrogen-bond acceptors (Lipinski definition) is 3. The average molecular weight is 365 g/mol. The predicted molar refractivity (Wildman–Crippen MR) is 100 cm³/mol. The Labute approximate surface area is 156 Å². The Morgan fingerprint density at radius 2 is 1.92 bits per heavy atom. The Balaban J connectivity index is 1.56. The van der Waals surface area contributed by atoms with E-state index in [0.717, 1.165) is 12.3 Å². The minimum absolute atomic E-state index is 0.220. The fourth-order valence-corrected chi connectivity index (χ4v) is 4.75. The summed E-state index contributed by atoms with van der Waals surface area (Å²) in [7, 11) is 0. The minimum atomic E-state index is -1.37. The lowest BCUT2D eigenvalue weighted by Crippen LogP contribution is -2.39. The second kappa shape index (κ2) is 8.71. The SMILES string of the molecule is CCCC1CCC(C2CCC(O)(c3ccc(OCC)c(F)c3)OC2)CC1. The third-order valence-corrected chi connectivity index (χ3v) is 6.33. The van der Waals surface area contributed by atoms with Crippen molar-refractivity contribution in [1.29, 1.82) is 0 Å². The normalized spacial score (nSPS) is 32.4. The first-order valence-corrected chi connectivity index (χ1v) is 10.3. The molecule has 3 nitrogen and oxygen atoms in total. The minimum Gasteiger partial charge on any atom is -0.491 e. The molecular formula is C22H33FO3. The van der Waals surface area contributed by atoms with Crippen molar-refractivity contribution in [1.82, 2.24) is 0 Å².